The van der Waals surface area contributed by atoms with Crippen molar-refractivity contribution in [2.45, 2.75) is 0 Å². The molecule has 2 aromatic rings. The second-order valence-corrected chi connectivity index (χ2v) is 6.67. The molecule has 0 spiro atoms. The molecular formula is C16H11N3O4S2. The van der Waals surface area contributed by atoms with Crippen molar-refractivity contribution in [2.75, 3.05) is 5.43 Å². The molecule has 0 saturated carbocycles. The zero-order valence-corrected chi connectivity index (χ0v) is 14.2. The largest absolute Gasteiger partial charge is 0.507 e. The van der Waals surface area contributed by atoms with Gasteiger partial charge in [-0.2, -0.15) is 0 Å². The van der Waals surface area contributed by atoms with Crippen molar-refractivity contribution in [3.8, 4) is 5.75 Å². The first-order chi connectivity index (χ1) is 12.0. The van der Waals surface area contributed by atoms with Crippen LogP contribution in [0.4, 0.5) is 11.4 Å². The first kappa shape index (κ1) is 16.9. The number of phenolic OH excluding ortho intramolecular Hbond substituents is 1. The number of nitro groups is 1. The Morgan fingerprint density at radius 1 is 1.24 bits per heavy atom. The minimum atomic E-state index is -0.570. The van der Waals surface area contributed by atoms with E-state index in [4.69, 9.17) is 12.2 Å². The average Bonchev–Trinajstić information content (AvgIpc) is 2.85. The topological polar surface area (TPSA) is 95.7 Å². The number of rotatable bonds is 4. The number of nitrogens with one attached hydrogen (secondary N) is 1. The number of nitrogens with zero attached hydrogens (tertiary/aromatic N) is 2. The number of hydrazine groups is 1. The monoisotopic (exact) mass is 373 g/mol. The zero-order valence-electron chi connectivity index (χ0n) is 12.6. The van der Waals surface area contributed by atoms with Crippen LogP contribution in [0.1, 0.15) is 5.56 Å². The number of hydrogen-bond donors (Lipinski definition) is 2. The maximum atomic E-state index is 12.5. The number of para-hydroxylation sites is 1. The number of carbonyl (C=O) groups excluding carboxylic acids is 1. The number of non-ortho nitro benzene ring substituents is 1. The van der Waals surface area contributed by atoms with Crippen molar-refractivity contribution in [3.05, 3.63) is 69.1 Å². The van der Waals surface area contributed by atoms with Gasteiger partial charge in [0.05, 0.1) is 15.5 Å². The van der Waals surface area contributed by atoms with Gasteiger partial charge >= 0.3 is 0 Å². The quantitative estimate of drug-likeness (QED) is 0.366. The molecule has 9 heteroatoms. The number of anilines is 1. The number of hydrogen-bond acceptors (Lipinski definition) is 7. The molecule has 2 aromatic carbocycles. The van der Waals surface area contributed by atoms with E-state index in [2.05, 4.69) is 5.43 Å². The van der Waals surface area contributed by atoms with Crippen molar-refractivity contribution >= 4 is 51.7 Å². The van der Waals surface area contributed by atoms with E-state index in [0.29, 0.717) is 10.0 Å². The van der Waals surface area contributed by atoms with Gasteiger partial charge in [0.1, 0.15) is 5.75 Å². The van der Waals surface area contributed by atoms with Crippen LogP contribution >= 0.6 is 24.0 Å². The second-order valence-electron chi connectivity index (χ2n) is 5.00. The molecule has 0 aromatic heterocycles. The normalized spacial score (nSPS) is 15.7. The summed E-state index contributed by atoms with van der Waals surface area (Å²) in [7, 11) is 0. The third kappa shape index (κ3) is 3.62. The van der Waals surface area contributed by atoms with Crippen molar-refractivity contribution < 1.29 is 14.8 Å². The lowest BCUT2D eigenvalue weighted by atomic mass is 10.1. The SMILES string of the molecule is O=C1/C(=C\c2cc([N+](=O)[O-])ccc2O)SC(=S)N1Nc1ccccc1. The summed E-state index contributed by atoms with van der Waals surface area (Å²) in [5.41, 5.74) is 3.60. The van der Waals surface area contributed by atoms with E-state index < -0.39 is 10.8 Å². The third-order valence-electron chi connectivity index (χ3n) is 3.32. The fourth-order valence-corrected chi connectivity index (χ4v) is 3.29. The van der Waals surface area contributed by atoms with Crippen LogP contribution in [0.15, 0.2) is 53.4 Å². The van der Waals surface area contributed by atoms with E-state index in [0.717, 1.165) is 11.8 Å². The minimum absolute atomic E-state index is 0.160. The van der Waals surface area contributed by atoms with Gasteiger partial charge in [0.2, 0.25) is 0 Å². The van der Waals surface area contributed by atoms with Crippen LogP contribution in [0.5, 0.6) is 5.75 Å². The Hall–Kier alpha value is -2.91. The molecule has 25 heavy (non-hydrogen) atoms. The summed E-state index contributed by atoms with van der Waals surface area (Å²) < 4.78 is 0.296. The van der Waals surface area contributed by atoms with Crippen molar-refractivity contribution in [1.82, 2.24) is 5.01 Å². The third-order valence-corrected chi connectivity index (χ3v) is 4.62. The van der Waals surface area contributed by atoms with E-state index in [1.807, 2.05) is 18.2 Å². The van der Waals surface area contributed by atoms with Crippen LogP contribution in [0.2, 0.25) is 0 Å². The number of nitro benzene ring substituents is 1. The molecule has 3 rings (SSSR count). The summed E-state index contributed by atoms with van der Waals surface area (Å²) in [4.78, 5) is 23.1. The molecule has 0 radical (unpaired) electrons. The highest BCUT2D eigenvalue weighted by Crippen LogP contribution is 2.35. The Labute approximate surface area is 152 Å². The molecule has 126 valence electrons. The fraction of sp³-hybridized carbons (Fsp3) is 0. The summed E-state index contributed by atoms with van der Waals surface area (Å²) in [5, 5.41) is 22.0. The van der Waals surface area contributed by atoms with Gasteiger partial charge in [0, 0.05) is 17.7 Å². The van der Waals surface area contributed by atoms with Gasteiger partial charge in [-0.15, -0.1) is 0 Å². The molecule has 1 aliphatic heterocycles. The smallest absolute Gasteiger partial charge is 0.285 e. The Morgan fingerprint density at radius 3 is 2.64 bits per heavy atom. The highest BCUT2D eigenvalue weighted by Gasteiger charge is 2.32. The average molecular weight is 373 g/mol. The molecule has 2 N–H and O–H groups in total. The Kier molecular flexibility index (Phi) is 4.68. The van der Waals surface area contributed by atoms with Gasteiger partial charge in [-0.05, 0) is 36.5 Å². The predicted octanol–water partition coefficient (Wildman–Crippen LogP) is 3.53. The van der Waals surface area contributed by atoms with Crippen LogP contribution in [0, 0.1) is 10.1 Å². The number of phenols is 1. The van der Waals surface area contributed by atoms with E-state index in [9.17, 15) is 20.0 Å². The number of aromatic hydroxyl groups is 1. The molecule has 1 aliphatic rings. The Morgan fingerprint density at radius 2 is 1.96 bits per heavy atom. The lowest BCUT2D eigenvalue weighted by molar-refractivity contribution is -0.384. The fourth-order valence-electron chi connectivity index (χ4n) is 2.12. The van der Waals surface area contributed by atoms with Crippen LogP contribution in [0.25, 0.3) is 6.08 Å². The lowest BCUT2D eigenvalue weighted by Gasteiger charge is -2.16. The van der Waals surface area contributed by atoms with Gasteiger partial charge < -0.3 is 5.11 Å². The van der Waals surface area contributed by atoms with E-state index in [1.165, 1.54) is 29.3 Å². The molecule has 0 aliphatic carbocycles. The predicted molar refractivity (Wildman–Crippen MR) is 99.8 cm³/mol. The van der Waals surface area contributed by atoms with Crippen molar-refractivity contribution in [1.29, 1.82) is 0 Å². The van der Waals surface area contributed by atoms with E-state index in [-0.39, 0.29) is 21.9 Å². The van der Waals surface area contributed by atoms with Crippen molar-refractivity contribution in [2.24, 2.45) is 0 Å². The summed E-state index contributed by atoms with van der Waals surface area (Å²) in [6.07, 6.45) is 1.38. The van der Waals surface area contributed by atoms with Crippen LogP contribution in [-0.2, 0) is 4.79 Å². The summed E-state index contributed by atoms with van der Waals surface area (Å²) in [6, 6.07) is 12.7. The Bertz CT molecular complexity index is 900. The highest BCUT2D eigenvalue weighted by molar-refractivity contribution is 8.26. The summed E-state index contributed by atoms with van der Waals surface area (Å²) >= 11 is 6.25. The van der Waals surface area contributed by atoms with Crippen LogP contribution in [-0.4, -0.2) is 25.3 Å². The van der Waals surface area contributed by atoms with Gasteiger partial charge in [0.25, 0.3) is 11.6 Å². The van der Waals surface area contributed by atoms with Gasteiger partial charge in [-0.3, -0.25) is 20.3 Å². The number of carbonyl (C=O) groups is 1. The second kappa shape index (κ2) is 6.91. The number of benzene rings is 2. The molecule has 1 saturated heterocycles. The summed E-state index contributed by atoms with van der Waals surface area (Å²) in [5.74, 6) is -0.559. The first-order valence-electron chi connectivity index (χ1n) is 7.03. The molecule has 7 nitrogen and oxygen atoms in total. The van der Waals surface area contributed by atoms with Gasteiger partial charge in [-0.1, -0.05) is 30.0 Å². The van der Waals surface area contributed by atoms with E-state index in [1.54, 1.807) is 12.1 Å². The van der Waals surface area contributed by atoms with E-state index >= 15 is 0 Å². The highest BCUT2D eigenvalue weighted by atomic mass is 32.2. The van der Waals surface area contributed by atoms with Gasteiger partial charge in [0.15, 0.2) is 4.32 Å². The first-order valence-corrected chi connectivity index (χ1v) is 8.25. The summed E-state index contributed by atoms with van der Waals surface area (Å²) in [6.45, 7) is 0. The molecule has 0 atom stereocenters. The maximum absolute atomic E-state index is 12.5. The standard InChI is InChI=1S/C16H11N3O4S2/c20-13-7-6-12(19(22)23)8-10(13)9-14-15(21)18(16(24)25-14)17-11-4-2-1-3-5-11/h1-9,17,20H/b14-9+. The molecule has 1 heterocycles. The molecule has 1 fully saturated rings. The zero-order chi connectivity index (χ0) is 18.0. The van der Waals surface area contributed by atoms with Crippen molar-refractivity contribution in [3.63, 3.8) is 0 Å². The van der Waals surface area contributed by atoms with Gasteiger partial charge in [-0.25, -0.2) is 5.01 Å². The number of thioether (sulfide) groups is 1. The maximum Gasteiger partial charge on any atom is 0.285 e. The molecule has 1 amide bonds. The van der Waals surface area contributed by atoms with Crippen LogP contribution in [0.3, 0.4) is 0 Å². The van der Waals surface area contributed by atoms with Crippen LogP contribution < -0.4 is 5.43 Å². The Balaban J connectivity index is 1.88. The molecule has 0 unspecified atom stereocenters. The minimum Gasteiger partial charge on any atom is -0.507 e. The number of amides is 1. The molecule has 0 bridgehead atoms. The number of thiocarbonyl (C=S) groups is 1. The molecular weight excluding hydrogens is 362 g/mol. The lowest BCUT2D eigenvalue weighted by Crippen LogP contribution is -2.33.